The van der Waals surface area contributed by atoms with Crippen LogP contribution in [-0.2, 0) is 32.0 Å². The molecule has 0 spiro atoms. The Morgan fingerprint density at radius 2 is 1.57 bits per heavy atom. The number of amides is 5. The third-order valence-corrected chi connectivity index (χ3v) is 13.6. The second kappa shape index (κ2) is 20.0. The number of Topliss-reactive ketones (excluding diaryl/α,β-unsaturated/α-hetero) is 1. The van der Waals surface area contributed by atoms with Gasteiger partial charge in [0.25, 0.3) is 0 Å². The van der Waals surface area contributed by atoms with E-state index in [0.717, 1.165) is 70.1 Å². The van der Waals surface area contributed by atoms with Crippen LogP contribution in [0.15, 0.2) is 72.7 Å². The number of nitrogens with zero attached hydrogens (tertiary/aromatic N) is 6. The molecule has 2 aromatic heterocycles. The van der Waals surface area contributed by atoms with Gasteiger partial charge in [-0.1, -0.05) is 43.7 Å². The zero-order valence-electron chi connectivity index (χ0n) is 36.7. The first-order chi connectivity index (χ1) is 30.6. The van der Waals surface area contributed by atoms with Gasteiger partial charge in [0.2, 0.25) is 17.7 Å². The molecule has 0 radical (unpaired) electrons. The highest BCUT2D eigenvalue weighted by molar-refractivity contribution is 6.04. The predicted molar refractivity (Wildman–Crippen MR) is 243 cm³/mol. The molecule has 14 nitrogen and oxygen atoms in total. The van der Waals surface area contributed by atoms with Crippen molar-refractivity contribution in [2.75, 3.05) is 57.3 Å². The fraction of sp³-hybridized carbons (Fsp3) is 0.490. The zero-order chi connectivity index (χ0) is 43.9. The molecule has 3 N–H and O–H groups in total. The number of benzene rings is 2. The van der Waals surface area contributed by atoms with Crippen molar-refractivity contribution in [1.29, 1.82) is 0 Å². The van der Waals surface area contributed by atoms with Crippen molar-refractivity contribution in [3.63, 3.8) is 0 Å². The van der Waals surface area contributed by atoms with Gasteiger partial charge in [0.1, 0.15) is 12.1 Å². The maximum absolute atomic E-state index is 14.7. The third kappa shape index (κ3) is 10.4. The summed E-state index contributed by atoms with van der Waals surface area (Å²) in [6.07, 6.45) is 13.5. The van der Waals surface area contributed by atoms with Crippen molar-refractivity contribution in [3.8, 4) is 0 Å². The van der Waals surface area contributed by atoms with Crippen LogP contribution in [0, 0.1) is 18.8 Å². The second-order valence-electron chi connectivity index (χ2n) is 17.9. The number of carbonyl (C=O) groups is 5. The predicted octanol–water partition coefficient (Wildman–Crippen LogP) is 5.46. The number of rotatable bonds is 13. The Balaban J connectivity index is 0.982. The lowest BCUT2D eigenvalue weighted by Gasteiger charge is -2.39. The lowest BCUT2D eigenvalue weighted by molar-refractivity contribution is -0.138. The number of ketones is 1. The summed E-state index contributed by atoms with van der Waals surface area (Å²) in [7, 11) is 0. The summed E-state index contributed by atoms with van der Waals surface area (Å²) in [4.78, 5) is 81.5. The molecule has 8 rings (SSSR count). The Morgan fingerprint density at radius 3 is 2.32 bits per heavy atom. The number of fused-ring (bicyclic) bond motifs is 2. The van der Waals surface area contributed by atoms with Crippen LogP contribution in [0.4, 0.5) is 10.5 Å². The summed E-state index contributed by atoms with van der Waals surface area (Å²) < 4.78 is 0. The van der Waals surface area contributed by atoms with E-state index in [1.54, 1.807) is 23.5 Å². The summed E-state index contributed by atoms with van der Waals surface area (Å²) in [5.74, 6) is -0.0350. The smallest absolute Gasteiger partial charge is 0.318 e. The number of hydrogen-bond acceptors (Lipinski definition) is 8. The first kappa shape index (κ1) is 43.6. The van der Waals surface area contributed by atoms with Gasteiger partial charge in [0, 0.05) is 95.1 Å². The number of anilines is 1. The number of urea groups is 1. The number of unbranched alkanes of at least 4 members (excludes halogenated alkanes) is 1. The van der Waals surface area contributed by atoms with Crippen molar-refractivity contribution >= 4 is 52.2 Å². The largest absolute Gasteiger partial charge is 0.368 e. The summed E-state index contributed by atoms with van der Waals surface area (Å²) in [6.45, 7) is 8.55. The lowest BCUT2D eigenvalue weighted by Crippen LogP contribution is -2.59. The molecule has 4 aliphatic rings. The van der Waals surface area contributed by atoms with Crippen molar-refractivity contribution in [2.24, 2.45) is 11.8 Å². The third-order valence-electron chi connectivity index (χ3n) is 13.6. The highest BCUT2D eigenvalue weighted by Crippen LogP contribution is 2.32. The minimum Gasteiger partial charge on any atom is -0.368 e. The van der Waals surface area contributed by atoms with Gasteiger partial charge >= 0.3 is 6.03 Å². The molecule has 2 aromatic carbocycles. The molecule has 3 aliphatic heterocycles. The summed E-state index contributed by atoms with van der Waals surface area (Å²) in [6, 6.07) is 13.8. The minimum absolute atomic E-state index is 0.0540. The Labute approximate surface area is 369 Å². The van der Waals surface area contributed by atoms with E-state index in [1.165, 1.54) is 0 Å². The first-order valence-corrected chi connectivity index (χ1v) is 23.0. The van der Waals surface area contributed by atoms with E-state index in [9.17, 15) is 24.0 Å². The molecule has 0 unspecified atom stereocenters. The molecule has 14 heteroatoms. The molecule has 0 saturated carbocycles. The summed E-state index contributed by atoms with van der Waals surface area (Å²) in [5.41, 5.74) is 6.76. The van der Waals surface area contributed by atoms with Gasteiger partial charge in [0.15, 0.2) is 5.78 Å². The molecule has 332 valence electrons. The Hall–Kier alpha value is -6.05. The van der Waals surface area contributed by atoms with Crippen LogP contribution in [0.1, 0.15) is 80.5 Å². The molecular formula is C49H61N9O5. The van der Waals surface area contributed by atoms with Gasteiger partial charge in [-0.3, -0.25) is 29.3 Å². The van der Waals surface area contributed by atoms with Crippen LogP contribution in [0.2, 0.25) is 0 Å². The number of likely N-dealkylation sites (tertiary alicyclic amines) is 2. The van der Waals surface area contributed by atoms with Gasteiger partial charge in [-0.2, -0.15) is 5.10 Å². The fourth-order valence-electron chi connectivity index (χ4n) is 9.91. The van der Waals surface area contributed by atoms with Gasteiger partial charge in [0.05, 0.1) is 11.7 Å². The van der Waals surface area contributed by atoms with Crippen molar-refractivity contribution < 1.29 is 24.0 Å². The van der Waals surface area contributed by atoms with E-state index in [4.69, 9.17) is 0 Å². The number of aromatic nitrogens is 3. The number of nitrogens with one attached hydrogen (secondary N) is 3. The van der Waals surface area contributed by atoms with E-state index in [-0.39, 0.29) is 41.9 Å². The van der Waals surface area contributed by atoms with Gasteiger partial charge in [-0.15, -0.1) is 0 Å². The van der Waals surface area contributed by atoms with Crippen molar-refractivity contribution in [2.45, 2.75) is 90.1 Å². The van der Waals surface area contributed by atoms with Crippen molar-refractivity contribution in [3.05, 3.63) is 94.9 Å². The molecule has 4 aromatic rings. The monoisotopic (exact) mass is 855 g/mol. The molecule has 3 fully saturated rings. The molecular weight excluding hydrogens is 795 g/mol. The molecule has 5 heterocycles. The molecule has 63 heavy (non-hydrogen) atoms. The van der Waals surface area contributed by atoms with Gasteiger partial charge in [-0.05, 0) is 109 Å². The topological polar surface area (TPSA) is 164 Å². The van der Waals surface area contributed by atoms with Crippen LogP contribution >= 0.6 is 0 Å². The lowest BCUT2D eigenvalue weighted by atomic mass is 9.80. The first-order valence-electron chi connectivity index (χ1n) is 23.0. The number of aryl methyl sites for hydroxylation is 1. The number of piperidine rings is 2. The van der Waals surface area contributed by atoms with E-state index >= 15 is 0 Å². The molecule has 5 amide bonds. The summed E-state index contributed by atoms with van der Waals surface area (Å²) >= 11 is 0. The van der Waals surface area contributed by atoms with Crippen LogP contribution in [0.5, 0.6) is 0 Å². The maximum atomic E-state index is 14.7. The SMILES string of the molecule is CCCCC(=O)N1CCC(C[C@H](NC(=O)[C@@H](Cc2cc(C)c3[nH]ncc3c2)NC(=O)N2CCC(C3=Cc4ccccc4CC3=O)CC2)C(=O)N2CCN(c3ccncc3)CC2)CC1. The van der Waals surface area contributed by atoms with Gasteiger partial charge < -0.3 is 30.2 Å². The molecule has 3 saturated heterocycles. The van der Waals surface area contributed by atoms with Crippen LogP contribution in [0.25, 0.3) is 17.0 Å². The number of pyridine rings is 1. The minimum atomic E-state index is -0.977. The summed E-state index contributed by atoms with van der Waals surface area (Å²) in [5, 5.41) is 14.4. The van der Waals surface area contributed by atoms with Crippen LogP contribution in [-0.4, -0.2) is 124 Å². The molecule has 1 aliphatic carbocycles. The molecule has 0 bridgehead atoms. The maximum Gasteiger partial charge on any atom is 0.318 e. The highest BCUT2D eigenvalue weighted by atomic mass is 16.2. The molecule has 2 atom stereocenters. The fourth-order valence-corrected chi connectivity index (χ4v) is 9.91. The number of piperazine rings is 1. The number of carbonyl (C=O) groups excluding carboxylic acids is 5. The second-order valence-corrected chi connectivity index (χ2v) is 17.9. The standard InChI is InChI=1S/C49H61N9O5/c1-3-4-9-45(60)56-18-12-34(13-19-56)28-43(48(62)57-24-22-55(23-25-57)40-10-16-50-17-11-40)52-47(61)42(29-35-26-33(2)46-39(27-35)32-51-54-46)53-49(63)58-20-14-36(15-21-58)41-30-37-7-5-6-8-38(37)31-44(41)59/h5-8,10-11,16-17,26-27,30,32,34,36,42-43H,3-4,9,12-15,18-25,28-29,31H2,1-2H3,(H,51,54)(H,52,61)(H,53,63)/t42-,43+/m1/s1. The van der Waals surface area contributed by atoms with Crippen LogP contribution < -0.4 is 15.5 Å². The Morgan fingerprint density at radius 1 is 0.841 bits per heavy atom. The quantitative estimate of drug-likeness (QED) is 0.160. The van der Waals surface area contributed by atoms with Crippen LogP contribution in [0.3, 0.4) is 0 Å². The Kier molecular flexibility index (Phi) is 13.8. The van der Waals surface area contributed by atoms with Gasteiger partial charge in [-0.25, -0.2) is 4.79 Å². The average Bonchev–Trinajstić information content (AvgIpc) is 3.80. The number of H-pyrrole nitrogens is 1. The van der Waals surface area contributed by atoms with E-state index in [2.05, 4.69) is 37.6 Å². The zero-order valence-corrected chi connectivity index (χ0v) is 36.7. The number of allylic oxidation sites excluding steroid dienone is 1. The van der Waals surface area contributed by atoms with E-state index in [0.29, 0.717) is 84.5 Å². The average molecular weight is 856 g/mol. The van der Waals surface area contributed by atoms with E-state index < -0.39 is 18.0 Å². The Bertz CT molecular complexity index is 2300. The number of aromatic amines is 1. The van der Waals surface area contributed by atoms with Crippen molar-refractivity contribution in [1.82, 2.24) is 40.5 Å². The van der Waals surface area contributed by atoms with E-state index in [1.807, 2.05) is 71.3 Å². The number of hydrogen-bond donors (Lipinski definition) is 3. The highest BCUT2D eigenvalue weighted by Gasteiger charge is 2.36. The normalized spacial score (nSPS) is 18.4.